The number of fused-ring (bicyclic) bond motifs is 1. The van der Waals surface area contributed by atoms with Gasteiger partial charge in [0.25, 0.3) is 5.56 Å². The van der Waals surface area contributed by atoms with E-state index in [0.29, 0.717) is 22.3 Å². The fourth-order valence-corrected chi connectivity index (χ4v) is 4.57. The van der Waals surface area contributed by atoms with Crippen LogP contribution in [0, 0.1) is 0 Å². The SMILES string of the molecule is CNC(=O)C(C)(C)c1ccc(Nc2nc(Nc3ccccc3S(N)(=O)=O)cc3cc[nH]c(=O)c23)cc1. The molecule has 186 valence electrons. The van der Waals surface area contributed by atoms with E-state index in [9.17, 15) is 18.0 Å². The predicted octanol–water partition coefficient (Wildman–Crippen LogP) is 3.08. The van der Waals surface area contributed by atoms with Gasteiger partial charge >= 0.3 is 0 Å². The van der Waals surface area contributed by atoms with E-state index in [2.05, 4.69) is 25.9 Å². The van der Waals surface area contributed by atoms with Crippen molar-refractivity contribution in [3.8, 4) is 0 Å². The average Bonchev–Trinajstić information content (AvgIpc) is 2.83. The van der Waals surface area contributed by atoms with Crippen molar-refractivity contribution < 1.29 is 13.2 Å². The number of amides is 1. The lowest BCUT2D eigenvalue weighted by molar-refractivity contribution is -0.125. The highest BCUT2D eigenvalue weighted by molar-refractivity contribution is 7.89. The molecule has 1 amide bonds. The number of benzene rings is 2. The smallest absolute Gasteiger partial charge is 0.259 e. The number of rotatable bonds is 7. The second-order valence-corrected chi connectivity index (χ2v) is 10.2. The van der Waals surface area contributed by atoms with Gasteiger partial charge in [-0.25, -0.2) is 18.5 Å². The number of para-hydroxylation sites is 1. The van der Waals surface area contributed by atoms with Gasteiger partial charge in [0, 0.05) is 18.9 Å². The van der Waals surface area contributed by atoms with E-state index in [1.165, 1.54) is 12.3 Å². The highest BCUT2D eigenvalue weighted by Crippen LogP contribution is 2.30. The first-order valence-electron chi connectivity index (χ1n) is 11.0. The molecule has 0 fully saturated rings. The quantitative estimate of drug-likeness (QED) is 0.257. The maximum absolute atomic E-state index is 12.6. The minimum absolute atomic E-state index is 0.0818. The summed E-state index contributed by atoms with van der Waals surface area (Å²) in [5.74, 6) is 0.466. The Balaban J connectivity index is 1.75. The maximum Gasteiger partial charge on any atom is 0.259 e. The van der Waals surface area contributed by atoms with Gasteiger partial charge in [-0.3, -0.25) is 9.59 Å². The zero-order chi connectivity index (χ0) is 26.1. The summed E-state index contributed by atoms with van der Waals surface area (Å²) in [6.45, 7) is 3.66. The second-order valence-electron chi connectivity index (χ2n) is 8.70. The van der Waals surface area contributed by atoms with Crippen LogP contribution in [0.2, 0.25) is 0 Å². The fourth-order valence-electron chi connectivity index (χ4n) is 3.88. The molecule has 0 atom stereocenters. The number of aromatic nitrogens is 2. The molecule has 4 rings (SSSR count). The molecule has 4 aromatic rings. The van der Waals surface area contributed by atoms with E-state index >= 15 is 0 Å². The maximum atomic E-state index is 12.6. The Morgan fingerprint density at radius 1 is 1.03 bits per heavy atom. The number of hydrogen-bond acceptors (Lipinski definition) is 7. The summed E-state index contributed by atoms with van der Waals surface area (Å²) >= 11 is 0. The molecule has 0 aliphatic heterocycles. The van der Waals surface area contributed by atoms with Gasteiger partial charge in [-0.15, -0.1) is 0 Å². The van der Waals surface area contributed by atoms with Crippen molar-refractivity contribution in [1.29, 1.82) is 0 Å². The van der Waals surface area contributed by atoms with Crippen LogP contribution in [-0.4, -0.2) is 31.3 Å². The molecule has 6 N–H and O–H groups in total. The largest absolute Gasteiger partial charge is 0.358 e. The minimum atomic E-state index is -3.98. The summed E-state index contributed by atoms with van der Waals surface area (Å²) in [7, 11) is -2.38. The molecule has 0 radical (unpaired) electrons. The predicted molar refractivity (Wildman–Crippen MR) is 140 cm³/mol. The molecule has 0 spiro atoms. The normalized spacial score (nSPS) is 11.8. The number of nitrogens with two attached hydrogens (primary N) is 1. The Labute approximate surface area is 208 Å². The van der Waals surface area contributed by atoms with Crippen LogP contribution in [0.3, 0.4) is 0 Å². The number of carbonyl (C=O) groups is 1. The van der Waals surface area contributed by atoms with Crippen molar-refractivity contribution in [1.82, 2.24) is 15.3 Å². The number of sulfonamides is 1. The first-order chi connectivity index (χ1) is 17.0. The van der Waals surface area contributed by atoms with Gasteiger partial charge in [0.05, 0.1) is 16.5 Å². The summed E-state index contributed by atoms with van der Waals surface area (Å²) in [6, 6.07) is 16.8. The van der Waals surface area contributed by atoms with E-state index in [-0.39, 0.29) is 27.9 Å². The summed E-state index contributed by atoms with van der Waals surface area (Å²) in [5, 5.41) is 15.1. The molecule has 2 aromatic carbocycles. The van der Waals surface area contributed by atoms with Crippen LogP contribution in [0.1, 0.15) is 19.4 Å². The summed E-state index contributed by atoms with van der Waals surface area (Å²) in [5.41, 5.74) is 0.652. The van der Waals surface area contributed by atoms with Crippen molar-refractivity contribution in [2.24, 2.45) is 5.14 Å². The molecule has 36 heavy (non-hydrogen) atoms. The Morgan fingerprint density at radius 3 is 2.39 bits per heavy atom. The molecular formula is C25H26N6O4S. The number of pyridine rings is 2. The molecule has 0 aliphatic rings. The molecule has 0 saturated heterocycles. The molecule has 0 bridgehead atoms. The zero-order valence-electron chi connectivity index (χ0n) is 19.9. The number of nitrogens with one attached hydrogen (secondary N) is 4. The van der Waals surface area contributed by atoms with Gasteiger partial charge in [0.1, 0.15) is 16.5 Å². The van der Waals surface area contributed by atoms with Gasteiger partial charge in [-0.05, 0) is 61.2 Å². The summed E-state index contributed by atoms with van der Waals surface area (Å²) in [6.07, 6.45) is 1.52. The number of likely N-dealkylation sites (N-methyl/N-ethyl adjacent to an activating group) is 1. The Bertz CT molecular complexity index is 1610. The van der Waals surface area contributed by atoms with Gasteiger partial charge in [0.15, 0.2) is 0 Å². The van der Waals surface area contributed by atoms with Gasteiger partial charge in [-0.1, -0.05) is 24.3 Å². The Kier molecular flexibility index (Phi) is 6.53. The first-order valence-corrected chi connectivity index (χ1v) is 12.6. The van der Waals surface area contributed by atoms with E-state index in [1.54, 1.807) is 49.5 Å². The highest BCUT2D eigenvalue weighted by Gasteiger charge is 2.28. The molecule has 2 aromatic heterocycles. The third-order valence-corrected chi connectivity index (χ3v) is 6.84. The molecule has 2 heterocycles. The first kappa shape index (κ1) is 24.9. The monoisotopic (exact) mass is 506 g/mol. The molecule has 10 nitrogen and oxygen atoms in total. The van der Waals surface area contributed by atoms with Crippen LogP contribution in [-0.2, 0) is 20.2 Å². The molecule has 0 unspecified atom stereocenters. The van der Waals surface area contributed by atoms with Crippen LogP contribution < -0.4 is 26.6 Å². The lowest BCUT2D eigenvalue weighted by atomic mass is 9.83. The number of H-pyrrole nitrogens is 1. The van der Waals surface area contributed by atoms with Crippen molar-refractivity contribution in [3.05, 3.63) is 82.8 Å². The van der Waals surface area contributed by atoms with E-state index < -0.39 is 15.4 Å². The van der Waals surface area contributed by atoms with Crippen LogP contribution >= 0.6 is 0 Å². The van der Waals surface area contributed by atoms with E-state index in [4.69, 9.17) is 5.14 Å². The number of carbonyl (C=O) groups excluding carboxylic acids is 1. The Hall–Kier alpha value is -4.22. The van der Waals surface area contributed by atoms with Crippen LogP contribution in [0.4, 0.5) is 23.0 Å². The van der Waals surface area contributed by atoms with Gasteiger partial charge in [0.2, 0.25) is 15.9 Å². The summed E-state index contributed by atoms with van der Waals surface area (Å²) in [4.78, 5) is 32.0. The highest BCUT2D eigenvalue weighted by atomic mass is 32.2. The third-order valence-electron chi connectivity index (χ3n) is 5.87. The molecule has 11 heteroatoms. The average molecular weight is 507 g/mol. The van der Waals surface area contributed by atoms with Gasteiger partial charge < -0.3 is 20.9 Å². The number of hydrogen-bond donors (Lipinski definition) is 5. The van der Waals surface area contributed by atoms with Crippen molar-refractivity contribution in [2.75, 3.05) is 17.7 Å². The Morgan fingerprint density at radius 2 is 1.72 bits per heavy atom. The second kappa shape index (κ2) is 9.44. The van der Waals surface area contributed by atoms with Crippen LogP contribution in [0.15, 0.2) is 76.6 Å². The number of anilines is 4. The van der Waals surface area contributed by atoms with Gasteiger partial charge in [-0.2, -0.15) is 0 Å². The van der Waals surface area contributed by atoms with Crippen molar-refractivity contribution >= 4 is 49.7 Å². The number of aromatic amines is 1. The lowest BCUT2D eigenvalue weighted by Gasteiger charge is -2.23. The molecular weight excluding hydrogens is 480 g/mol. The van der Waals surface area contributed by atoms with E-state index in [1.807, 2.05) is 26.0 Å². The molecule has 0 aliphatic carbocycles. The standard InChI is InChI=1S/C25H26N6O4S/c1-25(2,24(33)27-3)16-8-10-17(11-9-16)29-22-21-15(12-13-28-23(21)32)14-20(31-22)30-18-6-4-5-7-19(18)36(26,34)35/h4-14H,1-3H3,(H,27,33)(H,28,32)(H2,26,34,35)(H2,29,30,31). The topological polar surface area (TPSA) is 159 Å². The minimum Gasteiger partial charge on any atom is -0.358 e. The summed E-state index contributed by atoms with van der Waals surface area (Å²) < 4.78 is 24.0. The van der Waals surface area contributed by atoms with Crippen molar-refractivity contribution in [2.45, 2.75) is 24.2 Å². The number of primary sulfonamides is 1. The lowest BCUT2D eigenvalue weighted by Crippen LogP contribution is -2.37. The van der Waals surface area contributed by atoms with Crippen LogP contribution in [0.25, 0.3) is 10.8 Å². The number of nitrogens with zero attached hydrogens (tertiary/aromatic N) is 1. The van der Waals surface area contributed by atoms with Crippen molar-refractivity contribution in [3.63, 3.8) is 0 Å². The third kappa shape index (κ3) is 4.92. The fraction of sp³-hybridized carbons (Fsp3) is 0.160. The van der Waals surface area contributed by atoms with Crippen LogP contribution in [0.5, 0.6) is 0 Å². The molecule has 0 saturated carbocycles. The zero-order valence-corrected chi connectivity index (χ0v) is 20.7. The van der Waals surface area contributed by atoms with E-state index in [0.717, 1.165) is 5.56 Å².